The van der Waals surface area contributed by atoms with Gasteiger partial charge in [0.15, 0.2) is 11.4 Å². The van der Waals surface area contributed by atoms with Gasteiger partial charge in [0.25, 0.3) is 0 Å². The lowest BCUT2D eigenvalue weighted by Gasteiger charge is -2.25. The van der Waals surface area contributed by atoms with E-state index in [1.807, 2.05) is 32.0 Å². The Morgan fingerprint density at radius 3 is 2.20 bits per heavy atom. The van der Waals surface area contributed by atoms with Crippen LogP contribution in [-0.2, 0) is 11.2 Å². The molecule has 1 amide bonds. The molecule has 8 heteroatoms. The Balaban J connectivity index is 1.51. The van der Waals surface area contributed by atoms with Gasteiger partial charge in [-0.3, -0.25) is 4.79 Å². The summed E-state index contributed by atoms with van der Waals surface area (Å²) in [6, 6.07) is 19.7. The van der Waals surface area contributed by atoms with E-state index in [9.17, 15) is 19.5 Å². The Morgan fingerprint density at radius 2 is 1.60 bits per heavy atom. The molecular weight excluding hydrogens is 530 g/mol. The highest BCUT2D eigenvalue weighted by Gasteiger charge is 2.40. The van der Waals surface area contributed by atoms with Gasteiger partial charge in [0, 0.05) is 29.6 Å². The maximum Gasteiger partial charge on any atom is 0.415 e. The van der Waals surface area contributed by atoms with Gasteiger partial charge in [0.2, 0.25) is 0 Å². The first-order chi connectivity index (χ1) is 18.9. The first-order valence-electron chi connectivity index (χ1n) is 13.3. The minimum absolute atomic E-state index is 0.0244. The van der Waals surface area contributed by atoms with Crippen molar-refractivity contribution in [3.63, 3.8) is 0 Å². The summed E-state index contributed by atoms with van der Waals surface area (Å²) in [5.74, 6) is -0.509. The van der Waals surface area contributed by atoms with Gasteiger partial charge in [0.1, 0.15) is 11.5 Å². The minimum atomic E-state index is -1.35. The summed E-state index contributed by atoms with van der Waals surface area (Å²) in [6.07, 6.45) is 0.886. The Kier molecular flexibility index (Phi) is 8.84. The predicted octanol–water partition coefficient (Wildman–Crippen LogP) is 6.76. The van der Waals surface area contributed by atoms with Crippen molar-refractivity contribution in [2.75, 3.05) is 13.1 Å². The van der Waals surface area contributed by atoms with Crippen molar-refractivity contribution in [2.24, 2.45) is 11.8 Å². The van der Waals surface area contributed by atoms with Gasteiger partial charge in [-0.2, -0.15) is 0 Å². The fourth-order valence-electron chi connectivity index (χ4n) is 5.09. The van der Waals surface area contributed by atoms with E-state index in [0.29, 0.717) is 41.5 Å². The quantitative estimate of drug-likeness (QED) is 0.289. The summed E-state index contributed by atoms with van der Waals surface area (Å²) in [5, 5.41) is 10.0. The van der Waals surface area contributed by atoms with Crippen LogP contribution in [0, 0.1) is 25.7 Å². The molecule has 1 aliphatic rings. The van der Waals surface area contributed by atoms with Crippen LogP contribution in [0.3, 0.4) is 0 Å². The maximum absolute atomic E-state index is 13.6. The number of carboxylic acid groups (broad SMARTS) is 1. The number of Topliss-reactive ketones (excluding diaryl/α,β-unsaturated/α-hetero) is 1. The zero-order valence-corrected chi connectivity index (χ0v) is 23.9. The molecule has 1 saturated heterocycles. The van der Waals surface area contributed by atoms with Gasteiger partial charge in [-0.25, -0.2) is 9.59 Å². The Hall–Kier alpha value is -3.84. The molecule has 2 atom stereocenters. The third kappa shape index (κ3) is 6.83. The number of hydrogen-bond donors (Lipinski definition) is 1. The molecule has 4 rings (SSSR count). The normalized spacial score (nSPS) is 17.0. The van der Waals surface area contributed by atoms with Crippen molar-refractivity contribution in [3.8, 4) is 11.5 Å². The molecule has 0 spiro atoms. The van der Waals surface area contributed by atoms with Gasteiger partial charge >= 0.3 is 12.1 Å². The molecule has 1 aliphatic heterocycles. The number of carbonyl (C=O) groups is 3. The average Bonchev–Trinajstić information content (AvgIpc) is 3.34. The van der Waals surface area contributed by atoms with Crippen LogP contribution >= 0.6 is 11.6 Å². The molecule has 1 heterocycles. The molecule has 0 unspecified atom stereocenters. The van der Waals surface area contributed by atoms with Crippen molar-refractivity contribution < 1.29 is 29.0 Å². The molecule has 3 aromatic carbocycles. The first-order valence-corrected chi connectivity index (χ1v) is 13.7. The van der Waals surface area contributed by atoms with Crippen LogP contribution in [0.2, 0.25) is 5.02 Å². The number of ketones is 1. The molecule has 7 nitrogen and oxygen atoms in total. The van der Waals surface area contributed by atoms with E-state index < -0.39 is 17.7 Å². The van der Waals surface area contributed by atoms with Crippen molar-refractivity contribution in [1.82, 2.24) is 4.90 Å². The highest BCUT2D eigenvalue weighted by molar-refractivity contribution is 6.30. The van der Waals surface area contributed by atoms with Crippen molar-refractivity contribution in [2.45, 2.75) is 46.1 Å². The minimum Gasteiger partial charge on any atom is -0.478 e. The number of carboxylic acids is 1. The van der Waals surface area contributed by atoms with Crippen LogP contribution in [0.4, 0.5) is 4.79 Å². The van der Waals surface area contributed by atoms with Crippen LogP contribution in [0.5, 0.6) is 11.5 Å². The topological polar surface area (TPSA) is 93.1 Å². The number of amides is 1. The molecule has 0 bridgehead atoms. The number of aliphatic carboxylic acids is 1. The molecule has 0 saturated carbocycles. The standard InChI is InChI=1S/C32H34ClNO6/c1-20-16-22(17-21(2)29(20)40-32(3,4)30(36)37)10-11-24-18-34(31(38)39-26-8-6-5-7-9-26)19-27(24)28(35)23-12-14-25(33)15-13-23/h5-9,12-17,24,27H,10-11,18-19H2,1-4H3,(H,36,37)/t24-,27-/m1/s1. The molecule has 0 radical (unpaired) electrons. The summed E-state index contributed by atoms with van der Waals surface area (Å²) in [6.45, 7) is 7.51. The fourth-order valence-corrected chi connectivity index (χ4v) is 5.21. The van der Waals surface area contributed by atoms with Crippen LogP contribution < -0.4 is 9.47 Å². The summed E-state index contributed by atoms with van der Waals surface area (Å²) >= 11 is 6.03. The number of hydrogen-bond acceptors (Lipinski definition) is 5. The number of rotatable bonds is 9. The number of para-hydroxylation sites is 1. The third-order valence-corrected chi connectivity index (χ3v) is 7.56. The lowest BCUT2D eigenvalue weighted by molar-refractivity contribution is -0.152. The van der Waals surface area contributed by atoms with Crippen LogP contribution in [0.1, 0.15) is 47.3 Å². The van der Waals surface area contributed by atoms with Crippen molar-refractivity contribution in [1.29, 1.82) is 0 Å². The van der Waals surface area contributed by atoms with Crippen molar-refractivity contribution in [3.05, 3.63) is 94.0 Å². The number of ether oxygens (including phenoxy) is 2. The van der Waals surface area contributed by atoms with E-state index in [-0.39, 0.29) is 24.2 Å². The highest BCUT2D eigenvalue weighted by atomic mass is 35.5. The Morgan fingerprint density at radius 1 is 0.975 bits per heavy atom. The van der Waals surface area contributed by atoms with Gasteiger partial charge in [0.05, 0.1) is 0 Å². The number of halogens is 1. The van der Waals surface area contributed by atoms with E-state index in [1.54, 1.807) is 53.4 Å². The van der Waals surface area contributed by atoms with E-state index in [2.05, 4.69) is 0 Å². The molecule has 1 fully saturated rings. The van der Waals surface area contributed by atoms with Crippen LogP contribution in [-0.4, -0.2) is 46.5 Å². The first kappa shape index (κ1) is 29.2. The predicted molar refractivity (Wildman–Crippen MR) is 153 cm³/mol. The molecule has 1 N–H and O–H groups in total. The number of likely N-dealkylation sites (tertiary alicyclic amines) is 1. The van der Waals surface area contributed by atoms with Gasteiger partial charge in [-0.15, -0.1) is 0 Å². The Labute approximate surface area is 239 Å². The fraction of sp³-hybridized carbons (Fsp3) is 0.344. The molecule has 40 heavy (non-hydrogen) atoms. The molecule has 3 aromatic rings. The molecule has 0 aromatic heterocycles. The highest BCUT2D eigenvalue weighted by Crippen LogP contribution is 2.34. The van der Waals surface area contributed by atoms with E-state index >= 15 is 0 Å². The summed E-state index contributed by atoms with van der Waals surface area (Å²) in [4.78, 5) is 39.7. The van der Waals surface area contributed by atoms with Gasteiger partial charge in [-0.05, 0) is 99.5 Å². The van der Waals surface area contributed by atoms with Crippen molar-refractivity contribution >= 4 is 29.4 Å². The van der Waals surface area contributed by atoms with E-state index in [1.165, 1.54) is 13.8 Å². The molecule has 210 valence electrons. The summed E-state index contributed by atoms with van der Waals surface area (Å²) in [5.41, 5.74) is 1.95. The number of nitrogens with zero attached hydrogens (tertiary/aromatic N) is 1. The lowest BCUT2D eigenvalue weighted by atomic mass is 9.84. The summed E-state index contributed by atoms with van der Waals surface area (Å²) < 4.78 is 11.4. The lowest BCUT2D eigenvalue weighted by Crippen LogP contribution is -2.38. The second-order valence-corrected chi connectivity index (χ2v) is 11.3. The molecular formula is C32H34ClNO6. The van der Waals surface area contributed by atoms with E-state index in [4.69, 9.17) is 21.1 Å². The van der Waals surface area contributed by atoms with E-state index in [0.717, 1.165) is 16.7 Å². The second-order valence-electron chi connectivity index (χ2n) is 10.8. The monoisotopic (exact) mass is 563 g/mol. The zero-order valence-electron chi connectivity index (χ0n) is 23.1. The van der Waals surface area contributed by atoms with Gasteiger partial charge in [-0.1, -0.05) is 41.9 Å². The Bertz CT molecular complexity index is 1360. The summed E-state index contributed by atoms with van der Waals surface area (Å²) in [7, 11) is 0. The van der Waals surface area contributed by atoms with Crippen LogP contribution in [0.15, 0.2) is 66.7 Å². The smallest absolute Gasteiger partial charge is 0.415 e. The second kappa shape index (κ2) is 12.1. The largest absolute Gasteiger partial charge is 0.478 e. The SMILES string of the molecule is Cc1cc(CC[C@@H]2CN(C(=O)Oc3ccccc3)C[C@H]2C(=O)c2ccc(Cl)cc2)cc(C)c1OC(C)(C)C(=O)O. The van der Waals surface area contributed by atoms with Gasteiger partial charge < -0.3 is 19.5 Å². The maximum atomic E-state index is 13.6. The molecule has 0 aliphatic carbocycles. The third-order valence-electron chi connectivity index (χ3n) is 7.31. The average molecular weight is 564 g/mol. The van der Waals surface area contributed by atoms with Crippen LogP contribution in [0.25, 0.3) is 0 Å². The number of aryl methyl sites for hydroxylation is 3. The zero-order chi connectivity index (χ0) is 29.0. The number of carbonyl (C=O) groups excluding carboxylic acids is 2. The number of benzene rings is 3.